The summed E-state index contributed by atoms with van der Waals surface area (Å²) < 4.78 is 24.0. The number of terminal acetylenes is 1. The van der Waals surface area contributed by atoms with Crippen LogP contribution in [-0.4, -0.2) is 22.8 Å². The van der Waals surface area contributed by atoms with Crippen molar-refractivity contribution in [1.29, 1.82) is 0 Å². The Labute approximate surface area is 128 Å². The number of ether oxygens (including phenoxy) is 1. The lowest BCUT2D eigenvalue weighted by molar-refractivity contribution is -0.142. The predicted octanol–water partition coefficient (Wildman–Crippen LogP) is 2.75. The molecule has 0 saturated heterocycles. The molecule has 1 heterocycles. The van der Waals surface area contributed by atoms with E-state index in [-0.39, 0.29) is 31.2 Å². The summed E-state index contributed by atoms with van der Waals surface area (Å²) >= 11 is 3.28. The number of nitrogens with zero attached hydrogens (tertiary/aromatic N) is 2. The number of rotatable bonds is 5. The third-order valence-electron chi connectivity index (χ3n) is 2.49. The van der Waals surface area contributed by atoms with E-state index in [0.29, 0.717) is 10.0 Å². The Kier molecular flexibility index (Phi) is 5.06. The highest BCUT2D eigenvalue weighted by atomic mass is 79.9. The molecule has 0 aliphatic carbocycles. The Balaban J connectivity index is 2.03. The van der Waals surface area contributed by atoms with E-state index < -0.39 is 11.8 Å². The summed E-state index contributed by atoms with van der Waals surface area (Å²) in [5, 5.41) is 7.64. The third-order valence-corrected chi connectivity index (χ3v) is 3.18. The summed E-state index contributed by atoms with van der Waals surface area (Å²) in [7, 11) is 0. The zero-order chi connectivity index (χ0) is 15.2. The van der Waals surface area contributed by atoms with Crippen molar-refractivity contribution in [2.75, 3.05) is 6.61 Å². The third kappa shape index (κ3) is 4.13. The Morgan fingerprint density at radius 2 is 2.29 bits per heavy atom. The van der Waals surface area contributed by atoms with Crippen molar-refractivity contribution in [3.05, 3.63) is 34.4 Å². The van der Waals surface area contributed by atoms with Gasteiger partial charge in [-0.1, -0.05) is 5.92 Å². The normalized spacial score (nSPS) is 10.1. The van der Waals surface area contributed by atoms with E-state index in [1.807, 2.05) is 0 Å². The number of esters is 1. The first-order valence-corrected chi connectivity index (χ1v) is 6.76. The Bertz CT molecular complexity index is 694. The molecule has 21 heavy (non-hydrogen) atoms. The van der Waals surface area contributed by atoms with Crippen molar-refractivity contribution in [3.8, 4) is 23.8 Å². The van der Waals surface area contributed by atoms with E-state index in [1.54, 1.807) is 6.07 Å². The summed E-state index contributed by atoms with van der Waals surface area (Å²) in [6.07, 6.45) is 5.28. The van der Waals surface area contributed by atoms with Crippen LogP contribution in [0.15, 0.2) is 27.1 Å². The van der Waals surface area contributed by atoms with Gasteiger partial charge < -0.3 is 9.15 Å². The fourth-order valence-electron chi connectivity index (χ4n) is 1.53. The number of hydrogen-bond acceptors (Lipinski definition) is 5. The van der Waals surface area contributed by atoms with E-state index in [2.05, 4.69) is 32.0 Å². The van der Waals surface area contributed by atoms with E-state index in [4.69, 9.17) is 15.6 Å². The molecule has 5 nitrogen and oxygen atoms in total. The lowest BCUT2D eigenvalue weighted by Gasteiger charge is -1.99. The molecule has 0 amide bonds. The van der Waals surface area contributed by atoms with Gasteiger partial charge in [0.15, 0.2) is 6.61 Å². The SMILES string of the molecule is C#CCOC(=O)CCc1nnc(-c2cc(F)ccc2Br)o1. The van der Waals surface area contributed by atoms with Gasteiger partial charge in [-0.3, -0.25) is 4.79 Å². The van der Waals surface area contributed by atoms with Crippen LogP contribution < -0.4 is 0 Å². The first-order valence-electron chi connectivity index (χ1n) is 5.97. The molecular weight excluding hydrogens is 343 g/mol. The molecule has 0 atom stereocenters. The van der Waals surface area contributed by atoms with Crippen molar-refractivity contribution < 1.29 is 18.3 Å². The summed E-state index contributed by atoms with van der Waals surface area (Å²) in [6, 6.07) is 4.14. The number of carbonyl (C=O) groups is 1. The van der Waals surface area contributed by atoms with Crippen LogP contribution in [0, 0.1) is 18.2 Å². The van der Waals surface area contributed by atoms with Gasteiger partial charge in [0.05, 0.1) is 12.0 Å². The van der Waals surface area contributed by atoms with Crippen LogP contribution in [0.3, 0.4) is 0 Å². The molecule has 1 aromatic heterocycles. The Hall–Kier alpha value is -2.20. The van der Waals surface area contributed by atoms with Crippen LogP contribution in [0.5, 0.6) is 0 Å². The highest BCUT2D eigenvalue weighted by Gasteiger charge is 2.14. The largest absolute Gasteiger partial charge is 0.452 e. The number of aryl methyl sites for hydroxylation is 1. The van der Waals surface area contributed by atoms with Crippen LogP contribution in [0.25, 0.3) is 11.5 Å². The van der Waals surface area contributed by atoms with Gasteiger partial charge in [-0.2, -0.15) is 0 Å². The van der Waals surface area contributed by atoms with Crippen molar-refractivity contribution >= 4 is 21.9 Å². The summed E-state index contributed by atoms with van der Waals surface area (Å²) in [6.45, 7) is -0.0653. The minimum Gasteiger partial charge on any atom is -0.452 e. The molecule has 7 heteroatoms. The van der Waals surface area contributed by atoms with E-state index in [9.17, 15) is 9.18 Å². The minimum atomic E-state index is -0.445. The molecule has 2 aromatic rings. The van der Waals surface area contributed by atoms with Crippen LogP contribution in [0.2, 0.25) is 0 Å². The van der Waals surface area contributed by atoms with Crippen molar-refractivity contribution in [3.63, 3.8) is 0 Å². The minimum absolute atomic E-state index is 0.0653. The molecule has 0 N–H and O–H groups in total. The van der Waals surface area contributed by atoms with Gasteiger partial charge in [0.25, 0.3) is 0 Å². The summed E-state index contributed by atoms with van der Waals surface area (Å²) in [4.78, 5) is 11.3. The predicted molar refractivity (Wildman–Crippen MR) is 75.5 cm³/mol. The van der Waals surface area contributed by atoms with Gasteiger partial charge in [-0.15, -0.1) is 16.6 Å². The first kappa shape index (κ1) is 15.2. The maximum atomic E-state index is 13.2. The van der Waals surface area contributed by atoms with Gasteiger partial charge in [0, 0.05) is 10.9 Å². The highest BCUT2D eigenvalue weighted by Crippen LogP contribution is 2.28. The Morgan fingerprint density at radius 1 is 1.48 bits per heavy atom. The molecule has 0 aliphatic rings. The van der Waals surface area contributed by atoms with Crippen molar-refractivity contribution in [2.24, 2.45) is 0 Å². The number of carbonyl (C=O) groups excluding carboxylic acids is 1. The monoisotopic (exact) mass is 352 g/mol. The zero-order valence-corrected chi connectivity index (χ0v) is 12.4. The standard InChI is InChI=1S/C14H10BrFN2O3/c1-2-7-20-13(19)6-5-12-17-18-14(21-12)10-8-9(16)3-4-11(10)15/h1,3-4,8H,5-7H2. The second-order valence-electron chi connectivity index (χ2n) is 3.99. The Morgan fingerprint density at radius 3 is 3.05 bits per heavy atom. The average Bonchev–Trinajstić information content (AvgIpc) is 2.94. The van der Waals surface area contributed by atoms with Gasteiger partial charge >= 0.3 is 5.97 Å². The molecule has 0 unspecified atom stereocenters. The quantitative estimate of drug-likeness (QED) is 0.611. The lowest BCUT2D eigenvalue weighted by atomic mass is 10.2. The molecular formula is C14H10BrFN2O3. The molecule has 2 rings (SSSR count). The molecule has 1 aromatic carbocycles. The number of hydrogen-bond donors (Lipinski definition) is 0. The summed E-state index contributed by atoms with van der Waals surface area (Å²) in [5.74, 6) is 1.78. The van der Waals surface area contributed by atoms with Gasteiger partial charge in [0.1, 0.15) is 5.82 Å². The average molecular weight is 353 g/mol. The smallest absolute Gasteiger partial charge is 0.307 e. The van der Waals surface area contributed by atoms with E-state index in [1.165, 1.54) is 12.1 Å². The number of aromatic nitrogens is 2. The van der Waals surface area contributed by atoms with E-state index >= 15 is 0 Å². The van der Waals surface area contributed by atoms with Crippen molar-refractivity contribution in [1.82, 2.24) is 10.2 Å². The van der Waals surface area contributed by atoms with Crippen molar-refractivity contribution in [2.45, 2.75) is 12.8 Å². The van der Waals surface area contributed by atoms with Crippen LogP contribution >= 0.6 is 15.9 Å². The number of benzene rings is 1. The van der Waals surface area contributed by atoms with Crippen LogP contribution in [0.4, 0.5) is 4.39 Å². The maximum Gasteiger partial charge on any atom is 0.307 e. The van der Waals surface area contributed by atoms with Gasteiger partial charge in [-0.25, -0.2) is 4.39 Å². The molecule has 0 aliphatic heterocycles. The molecule has 0 saturated carbocycles. The first-order chi connectivity index (χ1) is 10.1. The topological polar surface area (TPSA) is 65.2 Å². The molecule has 0 radical (unpaired) electrons. The maximum absolute atomic E-state index is 13.2. The highest BCUT2D eigenvalue weighted by molar-refractivity contribution is 9.10. The molecule has 0 fully saturated rings. The van der Waals surface area contributed by atoms with Crippen LogP contribution in [0.1, 0.15) is 12.3 Å². The fraction of sp³-hybridized carbons (Fsp3) is 0.214. The molecule has 0 spiro atoms. The molecule has 0 bridgehead atoms. The fourth-order valence-corrected chi connectivity index (χ4v) is 1.94. The van der Waals surface area contributed by atoms with Crippen LogP contribution in [-0.2, 0) is 16.0 Å². The van der Waals surface area contributed by atoms with Gasteiger partial charge in [-0.05, 0) is 34.1 Å². The zero-order valence-electron chi connectivity index (χ0n) is 10.8. The second-order valence-corrected chi connectivity index (χ2v) is 4.84. The second kappa shape index (κ2) is 6.99. The molecule has 108 valence electrons. The lowest BCUT2D eigenvalue weighted by Crippen LogP contribution is -2.05. The number of halogens is 2. The van der Waals surface area contributed by atoms with Gasteiger partial charge in [0.2, 0.25) is 11.8 Å². The summed E-state index contributed by atoms with van der Waals surface area (Å²) in [5.41, 5.74) is 0.448. The van der Waals surface area contributed by atoms with E-state index in [0.717, 1.165) is 0 Å².